The third kappa shape index (κ3) is 4.15. The van der Waals surface area contributed by atoms with Crippen LogP contribution in [0.3, 0.4) is 0 Å². The molecule has 0 aliphatic rings. The summed E-state index contributed by atoms with van der Waals surface area (Å²) in [6, 6.07) is 8.74. The van der Waals surface area contributed by atoms with Crippen molar-refractivity contribution in [2.24, 2.45) is 0 Å². The van der Waals surface area contributed by atoms with Gasteiger partial charge in [-0.05, 0) is 65.5 Å². The lowest BCUT2D eigenvalue weighted by Gasteiger charge is -2.09. The molecule has 1 heterocycles. The van der Waals surface area contributed by atoms with Gasteiger partial charge in [-0.1, -0.05) is 0 Å². The van der Waals surface area contributed by atoms with Crippen molar-refractivity contribution < 1.29 is 9.59 Å². The molecule has 0 unspecified atom stereocenters. The Kier molecular flexibility index (Phi) is 5.14. The lowest BCUT2D eigenvalue weighted by molar-refractivity contribution is 0.0942. The maximum atomic E-state index is 12.1. The number of benzene rings is 1. The molecule has 21 heavy (non-hydrogen) atoms. The highest BCUT2D eigenvalue weighted by atomic mass is 79.9. The van der Waals surface area contributed by atoms with Crippen molar-refractivity contribution in [2.75, 3.05) is 5.32 Å². The molecule has 4 nitrogen and oxygen atoms in total. The van der Waals surface area contributed by atoms with Crippen molar-refractivity contribution in [3.8, 4) is 0 Å². The minimum Gasteiger partial charge on any atom is -0.350 e. The number of nitrogens with one attached hydrogen (secondary N) is 2. The molecule has 0 aliphatic carbocycles. The fourth-order valence-electron chi connectivity index (χ4n) is 1.69. The average Bonchev–Trinajstić information content (AvgIpc) is 2.85. The monoisotopic (exact) mass is 366 g/mol. The molecule has 2 rings (SSSR count). The molecule has 0 spiro atoms. The van der Waals surface area contributed by atoms with Crippen LogP contribution in [0.1, 0.15) is 33.9 Å². The van der Waals surface area contributed by atoms with Crippen LogP contribution in [0.25, 0.3) is 0 Å². The van der Waals surface area contributed by atoms with Crippen molar-refractivity contribution in [1.29, 1.82) is 0 Å². The first-order valence-corrected chi connectivity index (χ1v) is 8.10. The number of carbonyl (C=O) groups is 2. The second kappa shape index (κ2) is 6.87. The number of anilines is 1. The van der Waals surface area contributed by atoms with Crippen LogP contribution in [0.4, 0.5) is 5.69 Å². The highest BCUT2D eigenvalue weighted by molar-refractivity contribution is 9.10. The molecule has 2 amide bonds. The number of halogens is 1. The second-order valence-corrected chi connectivity index (χ2v) is 6.53. The predicted octanol–water partition coefficient (Wildman–Crippen LogP) is 3.90. The minimum atomic E-state index is -0.170. The molecular weight excluding hydrogens is 352 g/mol. The van der Waals surface area contributed by atoms with Crippen LogP contribution >= 0.6 is 27.3 Å². The lowest BCUT2D eigenvalue weighted by Crippen LogP contribution is -2.29. The van der Waals surface area contributed by atoms with Crippen molar-refractivity contribution in [1.82, 2.24) is 5.32 Å². The van der Waals surface area contributed by atoms with E-state index in [1.54, 1.807) is 24.3 Å². The van der Waals surface area contributed by atoms with Gasteiger partial charge in [0.15, 0.2) is 0 Å². The van der Waals surface area contributed by atoms with E-state index in [9.17, 15) is 9.59 Å². The van der Waals surface area contributed by atoms with Crippen LogP contribution in [0.2, 0.25) is 0 Å². The Balaban J connectivity index is 2.04. The molecule has 0 radical (unpaired) electrons. The van der Waals surface area contributed by atoms with Crippen molar-refractivity contribution in [3.05, 3.63) is 50.6 Å². The standard InChI is InChI=1S/C15H15BrN2O2S/c1-9(2)17-14(19)10-3-5-11(6-4-10)18-15(20)13-12(16)7-8-21-13/h3-9H,1-2H3,(H,17,19)(H,18,20). The number of rotatable bonds is 4. The van der Waals surface area contributed by atoms with E-state index in [-0.39, 0.29) is 17.9 Å². The molecule has 0 bridgehead atoms. The van der Waals surface area contributed by atoms with Crippen LogP contribution in [-0.4, -0.2) is 17.9 Å². The van der Waals surface area contributed by atoms with E-state index in [2.05, 4.69) is 26.6 Å². The number of thiophene rings is 1. The molecule has 0 saturated heterocycles. The van der Waals surface area contributed by atoms with Crippen LogP contribution in [-0.2, 0) is 0 Å². The zero-order valence-corrected chi connectivity index (χ0v) is 14.0. The Labute approximate surface area is 135 Å². The smallest absolute Gasteiger partial charge is 0.266 e. The van der Waals surface area contributed by atoms with E-state index < -0.39 is 0 Å². The van der Waals surface area contributed by atoms with Gasteiger partial charge in [-0.3, -0.25) is 9.59 Å². The average molecular weight is 367 g/mol. The highest BCUT2D eigenvalue weighted by Gasteiger charge is 2.12. The molecule has 110 valence electrons. The molecule has 1 aromatic carbocycles. The van der Waals surface area contributed by atoms with E-state index in [0.717, 1.165) is 4.47 Å². The van der Waals surface area contributed by atoms with E-state index in [1.165, 1.54) is 11.3 Å². The molecule has 1 aromatic heterocycles. The minimum absolute atomic E-state index is 0.0908. The first kappa shape index (κ1) is 15.7. The molecule has 6 heteroatoms. The van der Waals surface area contributed by atoms with Gasteiger partial charge in [-0.2, -0.15) is 0 Å². The van der Waals surface area contributed by atoms with E-state index in [4.69, 9.17) is 0 Å². The van der Waals surface area contributed by atoms with E-state index >= 15 is 0 Å². The summed E-state index contributed by atoms with van der Waals surface area (Å²) in [6.07, 6.45) is 0. The summed E-state index contributed by atoms with van der Waals surface area (Å²) in [4.78, 5) is 24.5. The van der Waals surface area contributed by atoms with Crippen LogP contribution in [0.5, 0.6) is 0 Å². The zero-order chi connectivity index (χ0) is 15.4. The molecular formula is C15H15BrN2O2S. The topological polar surface area (TPSA) is 58.2 Å². The van der Waals surface area contributed by atoms with Gasteiger partial charge in [0.05, 0.1) is 0 Å². The Hall–Kier alpha value is -1.66. The van der Waals surface area contributed by atoms with Gasteiger partial charge in [-0.15, -0.1) is 11.3 Å². The van der Waals surface area contributed by atoms with Gasteiger partial charge < -0.3 is 10.6 Å². The molecule has 0 aliphatic heterocycles. The number of hydrogen-bond donors (Lipinski definition) is 2. The van der Waals surface area contributed by atoms with Gasteiger partial charge in [0.25, 0.3) is 11.8 Å². The van der Waals surface area contributed by atoms with Gasteiger partial charge in [0, 0.05) is 21.8 Å². The zero-order valence-electron chi connectivity index (χ0n) is 11.6. The quantitative estimate of drug-likeness (QED) is 0.861. The summed E-state index contributed by atoms with van der Waals surface area (Å²) >= 11 is 4.70. The van der Waals surface area contributed by atoms with Gasteiger partial charge in [0.2, 0.25) is 0 Å². The maximum Gasteiger partial charge on any atom is 0.266 e. The first-order chi connectivity index (χ1) is 9.97. The summed E-state index contributed by atoms with van der Waals surface area (Å²) in [6.45, 7) is 3.82. The summed E-state index contributed by atoms with van der Waals surface area (Å²) in [5.74, 6) is -0.292. The van der Waals surface area contributed by atoms with Crippen LogP contribution in [0, 0.1) is 0 Å². The fraction of sp³-hybridized carbons (Fsp3) is 0.200. The molecule has 2 N–H and O–H groups in total. The van der Waals surface area contributed by atoms with Gasteiger partial charge in [0.1, 0.15) is 4.88 Å². The summed E-state index contributed by atoms with van der Waals surface area (Å²) in [7, 11) is 0. The third-order valence-electron chi connectivity index (χ3n) is 2.65. The SMILES string of the molecule is CC(C)NC(=O)c1ccc(NC(=O)c2sccc2Br)cc1. The Morgan fingerprint density at radius 2 is 1.76 bits per heavy atom. The van der Waals surface area contributed by atoms with Crippen molar-refractivity contribution in [3.63, 3.8) is 0 Å². The Bertz CT molecular complexity index is 650. The van der Waals surface area contributed by atoms with Crippen molar-refractivity contribution >= 4 is 44.8 Å². The number of hydrogen-bond acceptors (Lipinski definition) is 3. The number of carbonyl (C=O) groups excluding carboxylic acids is 2. The second-order valence-electron chi connectivity index (χ2n) is 4.76. The molecule has 0 atom stereocenters. The molecule has 0 saturated carbocycles. The Morgan fingerprint density at radius 3 is 2.29 bits per heavy atom. The normalized spacial score (nSPS) is 10.5. The maximum absolute atomic E-state index is 12.1. The number of amides is 2. The summed E-state index contributed by atoms with van der Waals surface area (Å²) in [5, 5.41) is 7.47. The Morgan fingerprint density at radius 1 is 1.10 bits per heavy atom. The predicted molar refractivity (Wildman–Crippen MR) is 89.0 cm³/mol. The molecule has 0 fully saturated rings. The van der Waals surface area contributed by atoms with E-state index in [0.29, 0.717) is 16.1 Å². The van der Waals surface area contributed by atoms with Crippen LogP contribution < -0.4 is 10.6 Å². The van der Waals surface area contributed by atoms with Crippen LogP contribution in [0.15, 0.2) is 40.2 Å². The van der Waals surface area contributed by atoms with Gasteiger partial charge in [-0.25, -0.2) is 0 Å². The van der Waals surface area contributed by atoms with E-state index in [1.807, 2.05) is 25.3 Å². The highest BCUT2D eigenvalue weighted by Crippen LogP contribution is 2.23. The fourth-order valence-corrected chi connectivity index (χ4v) is 3.14. The molecule has 2 aromatic rings. The van der Waals surface area contributed by atoms with Gasteiger partial charge >= 0.3 is 0 Å². The first-order valence-electron chi connectivity index (χ1n) is 6.42. The van der Waals surface area contributed by atoms with Crippen molar-refractivity contribution in [2.45, 2.75) is 19.9 Å². The largest absolute Gasteiger partial charge is 0.350 e. The third-order valence-corrected chi connectivity index (χ3v) is 4.48. The summed E-state index contributed by atoms with van der Waals surface area (Å²) in [5.41, 5.74) is 1.22. The summed E-state index contributed by atoms with van der Waals surface area (Å²) < 4.78 is 0.776. The lowest BCUT2D eigenvalue weighted by atomic mass is 10.2.